The number of aromatic carboxylic acids is 1. The van der Waals surface area contributed by atoms with Gasteiger partial charge in [-0.05, 0) is 48.6 Å². The molecule has 9 nitrogen and oxygen atoms in total. The highest BCUT2D eigenvalue weighted by Crippen LogP contribution is 2.38. The van der Waals surface area contributed by atoms with Gasteiger partial charge in [0, 0.05) is 18.3 Å². The lowest BCUT2D eigenvalue weighted by Crippen LogP contribution is -2.55. The number of amides is 3. The normalized spacial score (nSPS) is 19.4. The SMILES string of the molecule is CC(C)(C)C(O)CN1C(=O)[C@H](NC(=O)Nc2cccc(C(=O)O)c2)CN(C2CCCCC2)c2ccccc21. The summed E-state index contributed by atoms with van der Waals surface area (Å²) in [6, 6.07) is 12.5. The molecule has 1 fully saturated rings. The number of para-hydroxylation sites is 2. The third kappa shape index (κ3) is 6.27. The molecule has 0 spiro atoms. The number of hydrogen-bond acceptors (Lipinski definition) is 5. The number of β-amino-alcohol motifs (C(OH)–C–C–N with tert-alkyl or cyclic N) is 1. The highest BCUT2D eigenvalue weighted by molar-refractivity contribution is 6.04. The predicted octanol–water partition coefficient (Wildman–Crippen LogP) is 4.47. The minimum Gasteiger partial charge on any atom is -0.478 e. The zero-order valence-corrected chi connectivity index (χ0v) is 22.3. The Bertz CT molecular complexity index is 1170. The number of hydrogen-bond donors (Lipinski definition) is 4. The van der Waals surface area contributed by atoms with E-state index in [0.717, 1.165) is 37.1 Å². The van der Waals surface area contributed by atoms with Crippen molar-refractivity contribution >= 4 is 35.0 Å². The van der Waals surface area contributed by atoms with Crippen molar-refractivity contribution in [3.8, 4) is 0 Å². The summed E-state index contributed by atoms with van der Waals surface area (Å²) in [6.45, 7) is 6.17. The fraction of sp³-hybridized carbons (Fsp3) is 0.483. The number of urea groups is 1. The van der Waals surface area contributed by atoms with Crippen molar-refractivity contribution in [1.82, 2.24) is 5.32 Å². The van der Waals surface area contributed by atoms with Gasteiger partial charge in [0.2, 0.25) is 0 Å². The van der Waals surface area contributed by atoms with E-state index in [1.54, 1.807) is 17.0 Å². The molecule has 1 unspecified atom stereocenters. The summed E-state index contributed by atoms with van der Waals surface area (Å²) in [5.41, 5.74) is 1.57. The van der Waals surface area contributed by atoms with E-state index in [2.05, 4.69) is 15.5 Å². The van der Waals surface area contributed by atoms with E-state index in [1.165, 1.54) is 18.6 Å². The summed E-state index contributed by atoms with van der Waals surface area (Å²) in [5.74, 6) is -1.39. The third-order valence-corrected chi connectivity index (χ3v) is 7.47. The maximum Gasteiger partial charge on any atom is 0.335 e. The van der Waals surface area contributed by atoms with Crippen LogP contribution in [0.5, 0.6) is 0 Å². The van der Waals surface area contributed by atoms with E-state index in [-0.39, 0.29) is 24.1 Å². The molecule has 4 rings (SSSR count). The number of fused-ring (bicyclic) bond motifs is 1. The monoisotopic (exact) mass is 522 g/mol. The highest BCUT2D eigenvalue weighted by Gasteiger charge is 2.39. The van der Waals surface area contributed by atoms with Crippen LogP contribution in [-0.4, -0.2) is 59.4 Å². The molecule has 0 aromatic heterocycles. The number of rotatable bonds is 6. The van der Waals surface area contributed by atoms with Crippen LogP contribution in [0.3, 0.4) is 0 Å². The number of benzene rings is 2. The maximum atomic E-state index is 14.0. The average Bonchev–Trinajstić information content (AvgIpc) is 2.99. The number of anilines is 3. The van der Waals surface area contributed by atoms with E-state index in [4.69, 9.17) is 0 Å². The van der Waals surface area contributed by atoms with E-state index >= 15 is 0 Å². The first-order valence-electron chi connectivity index (χ1n) is 13.3. The Hall–Kier alpha value is -3.59. The fourth-order valence-corrected chi connectivity index (χ4v) is 5.15. The standard InChI is InChI=1S/C29H38N4O5/c1-29(2,3)25(34)18-33-24-15-8-7-14-23(24)32(21-12-5-4-6-13-21)17-22(26(33)35)31-28(38)30-20-11-9-10-19(16-20)27(36)37/h7-11,14-16,21-22,25,34H,4-6,12-13,17-18H2,1-3H3,(H,36,37)(H2,30,31,38)/t22-,25?/m1/s1. The second-order valence-electron chi connectivity index (χ2n) is 11.3. The van der Waals surface area contributed by atoms with Gasteiger partial charge in [0.1, 0.15) is 6.04 Å². The quantitative estimate of drug-likeness (QED) is 0.444. The van der Waals surface area contributed by atoms with Crippen LogP contribution in [0.2, 0.25) is 0 Å². The summed E-state index contributed by atoms with van der Waals surface area (Å²) >= 11 is 0. The molecule has 2 aliphatic rings. The lowest BCUT2D eigenvalue weighted by molar-refractivity contribution is -0.120. The molecule has 38 heavy (non-hydrogen) atoms. The van der Waals surface area contributed by atoms with Crippen molar-refractivity contribution < 1.29 is 24.6 Å². The van der Waals surface area contributed by atoms with Gasteiger partial charge in [-0.1, -0.05) is 58.2 Å². The van der Waals surface area contributed by atoms with Crippen LogP contribution >= 0.6 is 0 Å². The van der Waals surface area contributed by atoms with Crippen LogP contribution < -0.4 is 20.4 Å². The van der Waals surface area contributed by atoms with Crippen LogP contribution in [0, 0.1) is 5.41 Å². The molecule has 1 heterocycles. The lowest BCUT2D eigenvalue weighted by atomic mass is 9.88. The number of aliphatic hydroxyl groups excluding tert-OH is 1. The molecule has 9 heteroatoms. The van der Waals surface area contributed by atoms with Gasteiger partial charge in [0.05, 0.1) is 29.6 Å². The van der Waals surface area contributed by atoms with Crippen LogP contribution in [0.25, 0.3) is 0 Å². The molecule has 0 bridgehead atoms. The van der Waals surface area contributed by atoms with Gasteiger partial charge in [0.15, 0.2) is 0 Å². The van der Waals surface area contributed by atoms with Gasteiger partial charge < -0.3 is 30.6 Å². The number of nitrogens with zero attached hydrogens (tertiary/aromatic N) is 2. The molecule has 1 aliphatic carbocycles. The Kier molecular flexibility index (Phi) is 8.26. The number of aliphatic hydroxyl groups is 1. The summed E-state index contributed by atoms with van der Waals surface area (Å²) in [5, 5.41) is 25.7. The van der Waals surface area contributed by atoms with E-state index < -0.39 is 29.6 Å². The molecule has 2 atom stereocenters. The van der Waals surface area contributed by atoms with Gasteiger partial charge >= 0.3 is 12.0 Å². The summed E-state index contributed by atoms with van der Waals surface area (Å²) in [7, 11) is 0. The Morgan fingerprint density at radius 3 is 2.37 bits per heavy atom. The fourth-order valence-electron chi connectivity index (χ4n) is 5.15. The third-order valence-electron chi connectivity index (χ3n) is 7.47. The maximum absolute atomic E-state index is 14.0. The molecule has 1 saturated carbocycles. The Morgan fingerprint density at radius 2 is 1.71 bits per heavy atom. The minimum atomic E-state index is -1.10. The van der Waals surface area contributed by atoms with Gasteiger partial charge in [-0.15, -0.1) is 0 Å². The van der Waals surface area contributed by atoms with Crippen molar-refractivity contribution in [2.45, 2.75) is 71.1 Å². The number of nitrogens with one attached hydrogen (secondary N) is 2. The summed E-state index contributed by atoms with van der Waals surface area (Å²) in [4.78, 5) is 42.2. The summed E-state index contributed by atoms with van der Waals surface area (Å²) < 4.78 is 0. The predicted molar refractivity (Wildman–Crippen MR) is 148 cm³/mol. The minimum absolute atomic E-state index is 0.0506. The van der Waals surface area contributed by atoms with E-state index in [1.807, 2.05) is 45.0 Å². The van der Waals surface area contributed by atoms with E-state index in [9.17, 15) is 24.6 Å². The topological polar surface area (TPSA) is 122 Å². The largest absolute Gasteiger partial charge is 0.478 e. The molecule has 1 aliphatic heterocycles. The van der Waals surface area contributed by atoms with Crippen molar-refractivity contribution in [1.29, 1.82) is 0 Å². The zero-order chi connectivity index (χ0) is 27.4. The highest BCUT2D eigenvalue weighted by atomic mass is 16.4. The Balaban J connectivity index is 1.65. The van der Waals surface area contributed by atoms with Gasteiger partial charge in [-0.25, -0.2) is 9.59 Å². The molecule has 204 valence electrons. The molecule has 0 radical (unpaired) electrons. The Labute approximate surface area is 223 Å². The van der Waals surface area contributed by atoms with Crippen molar-refractivity contribution in [3.63, 3.8) is 0 Å². The van der Waals surface area contributed by atoms with Crippen LogP contribution in [-0.2, 0) is 4.79 Å². The molecular weight excluding hydrogens is 484 g/mol. The first kappa shape index (κ1) is 27.4. The second kappa shape index (κ2) is 11.4. The average molecular weight is 523 g/mol. The number of carbonyl (C=O) groups excluding carboxylic acids is 2. The van der Waals surface area contributed by atoms with Crippen LogP contribution in [0.1, 0.15) is 63.2 Å². The molecule has 3 amide bonds. The smallest absolute Gasteiger partial charge is 0.335 e. The van der Waals surface area contributed by atoms with Crippen LogP contribution in [0.4, 0.5) is 21.9 Å². The first-order chi connectivity index (χ1) is 18.0. The molecule has 0 saturated heterocycles. The number of carboxylic acids is 1. The van der Waals surface area contributed by atoms with Gasteiger partial charge in [-0.3, -0.25) is 4.79 Å². The van der Waals surface area contributed by atoms with Crippen LogP contribution in [0.15, 0.2) is 48.5 Å². The number of carboxylic acid groups (broad SMARTS) is 1. The summed E-state index contributed by atoms with van der Waals surface area (Å²) in [6.07, 6.45) is 4.65. The second-order valence-corrected chi connectivity index (χ2v) is 11.3. The van der Waals surface area contributed by atoms with Crippen molar-refractivity contribution in [2.24, 2.45) is 5.41 Å². The molecular formula is C29H38N4O5. The van der Waals surface area contributed by atoms with Gasteiger partial charge in [-0.2, -0.15) is 0 Å². The van der Waals surface area contributed by atoms with Crippen molar-refractivity contribution in [2.75, 3.05) is 28.2 Å². The zero-order valence-electron chi connectivity index (χ0n) is 22.3. The molecule has 2 aromatic rings. The molecule has 4 N–H and O–H groups in total. The van der Waals surface area contributed by atoms with E-state index in [0.29, 0.717) is 12.2 Å². The van der Waals surface area contributed by atoms with Crippen molar-refractivity contribution in [3.05, 3.63) is 54.1 Å². The number of carbonyl (C=O) groups is 3. The molecule has 2 aromatic carbocycles. The Morgan fingerprint density at radius 1 is 1.03 bits per heavy atom. The lowest BCUT2D eigenvalue weighted by Gasteiger charge is -2.37. The van der Waals surface area contributed by atoms with Gasteiger partial charge in [0.25, 0.3) is 5.91 Å². The first-order valence-corrected chi connectivity index (χ1v) is 13.3.